The largest absolute Gasteiger partial charge is 0.495 e. The molecule has 5 nitrogen and oxygen atoms in total. The van der Waals surface area contributed by atoms with Crippen LogP contribution in [0, 0.1) is 11.8 Å². The summed E-state index contributed by atoms with van der Waals surface area (Å²) in [5, 5.41) is 8.50. The van der Waals surface area contributed by atoms with Crippen molar-refractivity contribution in [3.63, 3.8) is 0 Å². The summed E-state index contributed by atoms with van der Waals surface area (Å²) in [7, 11) is 4.45. The van der Waals surface area contributed by atoms with Gasteiger partial charge in [-0.2, -0.15) is 0 Å². The number of ether oxygens (including phenoxy) is 3. The van der Waals surface area contributed by atoms with E-state index in [0.717, 1.165) is 0 Å². The van der Waals surface area contributed by atoms with Crippen LogP contribution in [-0.4, -0.2) is 32.4 Å². The highest BCUT2D eigenvalue weighted by molar-refractivity contribution is 5.87. The van der Waals surface area contributed by atoms with Gasteiger partial charge >= 0.3 is 5.97 Å². The predicted molar refractivity (Wildman–Crippen MR) is 60.6 cm³/mol. The van der Waals surface area contributed by atoms with Gasteiger partial charge in [0.1, 0.15) is 5.75 Å². The highest BCUT2D eigenvalue weighted by Gasteiger charge is 2.10. The number of hydrogen-bond donors (Lipinski definition) is 1. The van der Waals surface area contributed by atoms with Crippen LogP contribution in [0.3, 0.4) is 0 Å². The lowest BCUT2D eigenvalue weighted by molar-refractivity contribution is -0.130. The smallest absolute Gasteiger partial charge is 0.382 e. The van der Waals surface area contributed by atoms with Crippen LogP contribution in [0.25, 0.3) is 0 Å². The van der Waals surface area contributed by atoms with Crippen LogP contribution in [0.2, 0.25) is 0 Å². The molecule has 0 aliphatic rings. The van der Waals surface area contributed by atoms with Gasteiger partial charge in [0, 0.05) is 18.1 Å². The Morgan fingerprint density at radius 2 is 1.59 bits per heavy atom. The number of benzene rings is 1. The topological polar surface area (TPSA) is 65.0 Å². The lowest BCUT2D eigenvalue weighted by Gasteiger charge is -2.10. The average Bonchev–Trinajstić information content (AvgIpc) is 2.34. The molecular weight excluding hydrogens is 224 g/mol. The Morgan fingerprint density at radius 3 is 2.06 bits per heavy atom. The molecule has 0 atom stereocenters. The summed E-state index contributed by atoms with van der Waals surface area (Å²) < 4.78 is 15.3. The number of aliphatic carboxylic acids is 1. The standard InChI is InChI=1S/C12H12O5/c1-15-9-7-11(17-3)10(16-2)6-8(9)4-5-12(13)14/h6-7H,1-3H3,(H,13,14). The van der Waals surface area contributed by atoms with Crippen LogP contribution in [0.1, 0.15) is 5.56 Å². The lowest BCUT2D eigenvalue weighted by Crippen LogP contribution is -1.95. The van der Waals surface area contributed by atoms with Crippen molar-refractivity contribution in [1.29, 1.82) is 0 Å². The summed E-state index contributed by atoms with van der Waals surface area (Å²) in [6, 6.07) is 3.15. The predicted octanol–water partition coefficient (Wildman–Crippen LogP) is 1.15. The van der Waals surface area contributed by atoms with E-state index in [1.54, 1.807) is 12.1 Å². The third-order valence-corrected chi connectivity index (χ3v) is 2.01. The fourth-order valence-corrected chi connectivity index (χ4v) is 1.25. The highest BCUT2D eigenvalue weighted by atomic mass is 16.5. The van der Waals surface area contributed by atoms with Crippen molar-refractivity contribution in [1.82, 2.24) is 0 Å². The molecule has 1 N–H and O–H groups in total. The summed E-state index contributed by atoms with van der Waals surface area (Å²) in [5.74, 6) is 4.67. The maximum Gasteiger partial charge on any atom is 0.382 e. The number of rotatable bonds is 3. The van der Waals surface area contributed by atoms with Gasteiger partial charge in [-0.05, 0) is 0 Å². The van der Waals surface area contributed by atoms with E-state index in [9.17, 15) is 4.79 Å². The quantitative estimate of drug-likeness (QED) is 0.797. The maximum absolute atomic E-state index is 10.4. The molecule has 0 saturated heterocycles. The fraction of sp³-hybridized carbons (Fsp3) is 0.250. The third kappa shape index (κ3) is 3.05. The molecule has 5 heteroatoms. The molecule has 0 aliphatic heterocycles. The molecule has 0 fully saturated rings. The van der Waals surface area contributed by atoms with E-state index in [1.807, 2.05) is 5.92 Å². The van der Waals surface area contributed by atoms with Crippen molar-refractivity contribution in [2.75, 3.05) is 21.3 Å². The molecule has 0 bridgehead atoms. The van der Waals surface area contributed by atoms with Crippen molar-refractivity contribution >= 4 is 5.97 Å². The molecule has 0 unspecified atom stereocenters. The van der Waals surface area contributed by atoms with E-state index >= 15 is 0 Å². The molecular formula is C12H12O5. The summed E-state index contributed by atoms with van der Waals surface area (Å²) in [6.45, 7) is 0. The van der Waals surface area contributed by atoms with Gasteiger partial charge in [-0.25, -0.2) is 4.79 Å². The van der Waals surface area contributed by atoms with Crippen LogP contribution < -0.4 is 14.2 Å². The van der Waals surface area contributed by atoms with Gasteiger partial charge < -0.3 is 19.3 Å². The second-order valence-electron chi connectivity index (χ2n) is 2.96. The summed E-state index contributed by atoms with van der Waals surface area (Å²) in [6.07, 6.45) is 0. The molecule has 90 valence electrons. The van der Waals surface area contributed by atoms with Gasteiger partial charge in [0.05, 0.1) is 26.9 Å². The van der Waals surface area contributed by atoms with Gasteiger partial charge in [-0.1, -0.05) is 5.92 Å². The van der Waals surface area contributed by atoms with E-state index in [1.165, 1.54) is 21.3 Å². The molecule has 0 radical (unpaired) electrons. The second kappa shape index (κ2) is 5.66. The van der Waals surface area contributed by atoms with Crippen LogP contribution in [0.4, 0.5) is 0 Å². The minimum Gasteiger partial charge on any atom is -0.495 e. The number of methoxy groups -OCH3 is 3. The van der Waals surface area contributed by atoms with Crippen molar-refractivity contribution in [2.24, 2.45) is 0 Å². The molecule has 0 aromatic heterocycles. The van der Waals surface area contributed by atoms with E-state index in [0.29, 0.717) is 22.8 Å². The molecule has 1 aromatic rings. The molecule has 0 aliphatic carbocycles. The van der Waals surface area contributed by atoms with Crippen molar-refractivity contribution in [3.05, 3.63) is 17.7 Å². The normalized spacial score (nSPS) is 8.88. The molecule has 0 spiro atoms. The number of carboxylic acids is 1. The van der Waals surface area contributed by atoms with E-state index in [4.69, 9.17) is 19.3 Å². The van der Waals surface area contributed by atoms with Gasteiger partial charge in [0.15, 0.2) is 11.5 Å². The van der Waals surface area contributed by atoms with Crippen LogP contribution in [-0.2, 0) is 4.79 Å². The second-order valence-corrected chi connectivity index (χ2v) is 2.96. The van der Waals surface area contributed by atoms with Gasteiger partial charge in [-0.15, -0.1) is 0 Å². The molecule has 1 rings (SSSR count). The summed E-state index contributed by atoms with van der Waals surface area (Å²) >= 11 is 0. The van der Waals surface area contributed by atoms with Crippen molar-refractivity contribution in [3.8, 4) is 29.1 Å². The zero-order valence-electron chi connectivity index (χ0n) is 9.73. The molecule has 0 saturated carbocycles. The Labute approximate surface area is 98.9 Å². The highest BCUT2D eigenvalue weighted by Crippen LogP contribution is 2.33. The zero-order valence-corrected chi connectivity index (χ0v) is 9.73. The average molecular weight is 236 g/mol. The first-order valence-corrected chi connectivity index (χ1v) is 4.67. The number of carboxylic acid groups (broad SMARTS) is 1. The summed E-state index contributed by atoms with van der Waals surface area (Å²) in [5.41, 5.74) is 0.424. The molecule has 0 amide bonds. The first-order chi connectivity index (χ1) is 8.12. The molecule has 17 heavy (non-hydrogen) atoms. The summed E-state index contributed by atoms with van der Waals surface area (Å²) in [4.78, 5) is 10.4. The minimum absolute atomic E-state index is 0.424. The van der Waals surface area contributed by atoms with Crippen molar-refractivity contribution in [2.45, 2.75) is 0 Å². The Hall–Kier alpha value is -2.35. The first kappa shape index (κ1) is 12.7. The zero-order chi connectivity index (χ0) is 12.8. The van der Waals surface area contributed by atoms with Gasteiger partial charge in [0.25, 0.3) is 0 Å². The Bertz CT molecular complexity index is 482. The van der Waals surface area contributed by atoms with Crippen LogP contribution in [0.5, 0.6) is 17.2 Å². The maximum atomic E-state index is 10.4. The van der Waals surface area contributed by atoms with E-state index in [-0.39, 0.29) is 0 Å². The Balaban J connectivity index is 3.30. The van der Waals surface area contributed by atoms with Gasteiger partial charge in [0.2, 0.25) is 0 Å². The van der Waals surface area contributed by atoms with E-state index < -0.39 is 5.97 Å². The Kier molecular flexibility index (Phi) is 4.23. The first-order valence-electron chi connectivity index (χ1n) is 4.67. The third-order valence-electron chi connectivity index (χ3n) is 2.01. The lowest BCUT2D eigenvalue weighted by atomic mass is 10.1. The molecule has 0 heterocycles. The van der Waals surface area contributed by atoms with Crippen LogP contribution in [0.15, 0.2) is 12.1 Å². The minimum atomic E-state index is -1.21. The van der Waals surface area contributed by atoms with Crippen LogP contribution >= 0.6 is 0 Å². The Morgan fingerprint density at radius 1 is 1.06 bits per heavy atom. The fourth-order valence-electron chi connectivity index (χ4n) is 1.25. The van der Waals surface area contributed by atoms with Gasteiger partial charge in [-0.3, -0.25) is 0 Å². The number of carbonyl (C=O) groups is 1. The van der Waals surface area contributed by atoms with E-state index in [2.05, 4.69) is 5.92 Å². The van der Waals surface area contributed by atoms with Crippen molar-refractivity contribution < 1.29 is 24.1 Å². The molecule has 1 aromatic carbocycles. The number of hydrogen-bond acceptors (Lipinski definition) is 4. The monoisotopic (exact) mass is 236 g/mol. The SMILES string of the molecule is COc1cc(OC)c(OC)cc1C#CC(=O)O.